The quantitative estimate of drug-likeness (QED) is 0.848. The molecule has 3 nitrogen and oxygen atoms in total. The third kappa shape index (κ3) is 3.40. The molecule has 0 aliphatic heterocycles. The number of aryl methyl sites for hydroxylation is 2. The number of nitrogens with one attached hydrogen (secondary N) is 1. The van der Waals surface area contributed by atoms with E-state index in [0.29, 0.717) is 0 Å². The van der Waals surface area contributed by atoms with E-state index in [-0.39, 0.29) is 23.2 Å². The van der Waals surface area contributed by atoms with Gasteiger partial charge >= 0.3 is 0 Å². The third-order valence-electron chi connectivity index (χ3n) is 3.51. The largest absolute Gasteiger partial charge is 0.398 e. The second-order valence-corrected chi connectivity index (χ2v) is 5.29. The number of carbonyl (C=O) groups is 1. The highest BCUT2D eigenvalue weighted by molar-refractivity contribution is 5.99. The minimum absolute atomic E-state index is 0.140. The summed E-state index contributed by atoms with van der Waals surface area (Å²) in [6.45, 7) is 5.93. The lowest BCUT2D eigenvalue weighted by Gasteiger charge is -2.18. The van der Waals surface area contributed by atoms with Crippen molar-refractivity contribution in [1.29, 1.82) is 0 Å². The summed E-state index contributed by atoms with van der Waals surface area (Å²) in [5.74, 6) is -0.757. The van der Waals surface area contributed by atoms with E-state index in [0.717, 1.165) is 22.8 Å². The molecule has 0 aromatic heterocycles. The maximum absolute atomic E-state index is 13.0. The molecule has 2 aromatic rings. The van der Waals surface area contributed by atoms with Gasteiger partial charge in [-0.25, -0.2) is 4.39 Å². The predicted molar refractivity (Wildman–Crippen MR) is 82.6 cm³/mol. The first kappa shape index (κ1) is 15.0. The fraction of sp³-hybridized carbons (Fsp3) is 0.235. The smallest absolute Gasteiger partial charge is 0.253 e. The molecule has 110 valence electrons. The number of carbonyl (C=O) groups excluding carboxylic acids is 1. The zero-order valence-corrected chi connectivity index (χ0v) is 12.4. The van der Waals surface area contributed by atoms with Gasteiger partial charge in [0.2, 0.25) is 0 Å². The number of amides is 1. The summed E-state index contributed by atoms with van der Waals surface area (Å²) in [4.78, 5) is 12.2. The average Bonchev–Trinajstić information content (AvgIpc) is 2.41. The third-order valence-corrected chi connectivity index (χ3v) is 3.51. The molecule has 0 spiro atoms. The Morgan fingerprint density at radius 3 is 2.57 bits per heavy atom. The number of benzene rings is 2. The Balaban J connectivity index is 2.20. The molecule has 21 heavy (non-hydrogen) atoms. The number of halogens is 1. The van der Waals surface area contributed by atoms with Crippen LogP contribution in [0.4, 0.5) is 10.1 Å². The Bertz CT molecular complexity index is 682. The Morgan fingerprint density at radius 1 is 1.19 bits per heavy atom. The van der Waals surface area contributed by atoms with Crippen LogP contribution in [0.1, 0.15) is 40.0 Å². The number of anilines is 1. The molecule has 1 atom stereocenters. The van der Waals surface area contributed by atoms with Crippen molar-refractivity contribution in [3.63, 3.8) is 0 Å². The normalized spacial score (nSPS) is 12.0. The van der Waals surface area contributed by atoms with Crippen LogP contribution in [0.2, 0.25) is 0 Å². The van der Waals surface area contributed by atoms with Crippen LogP contribution >= 0.6 is 0 Å². The molecule has 0 saturated carbocycles. The molecule has 0 fully saturated rings. The van der Waals surface area contributed by atoms with Crippen LogP contribution < -0.4 is 11.1 Å². The molecule has 2 rings (SSSR count). The molecule has 0 aliphatic carbocycles. The van der Waals surface area contributed by atoms with E-state index in [4.69, 9.17) is 5.73 Å². The van der Waals surface area contributed by atoms with Crippen molar-refractivity contribution in [1.82, 2.24) is 5.32 Å². The van der Waals surface area contributed by atoms with Gasteiger partial charge < -0.3 is 11.1 Å². The summed E-state index contributed by atoms with van der Waals surface area (Å²) in [6.07, 6.45) is 0. The lowest BCUT2D eigenvalue weighted by atomic mass is 9.99. The first-order valence-corrected chi connectivity index (χ1v) is 6.81. The minimum atomic E-state index is -0.452. The van der Waals surface area contributed by atoms with Gasteiger partial charge in [-0.05, 0) is 50.1 Å². The minimum Gasteiger partial charge on any atom is -0.398 e. The van der Waals surface area contributed by atoms with Crippen molar-refractivity contribution >= 4 is 11.6 Å². The molecule has 0 aliphatic rings. The van der Waals surface area contributed by atoms with E-state index >= 15 is 0 Å². The standard InChI is InChI=1S/C17H19FN2O/c1-10-4-5-11(2)15(8-10)12(3)20-17(21)14-7-6-13(18)9-16(14)19/h4-9,12H,19H2,1-3H3,(H,20,21). The zero-order valence-electron chi connectivity index (χ0n) is 12.4. The second-order valence-electron chi connectivity index (χ2n) is 5.29. The van der Waals surface area contributed by atoms with Gasteiger partial charge in [0.15, 0.2) is 0 Å². The Morgan fingerprint density at radius 2 is 1.90 bits per heavy atom. The van der Waals surface area contributed by atoms with E-state index in [1.165, 1.54) is 12.1 Å². The topological polar surface area (TPSA) is 55.1 Å². The van der Waals surface area contributed by atoms with Gasteiger partial charge in [-0.1, -0.05) is 23.8 Å². The average molecular weight is 286 g/mol. The van der Waals surface area contributed by atoms with E-state index in [1.807, 2.05) is 39.0 Å². The number of hydrogen-bond acceptors (Lipinski definition) is 2. The zero-order chi connectivity index (χ0) is 15.6. The summed E-state index contributed by atoms with van der Waals surface area (Å²) < 4.78 is 13.0. The van der Waals surface area contributed by atoms with Crippen LogP contribution in [0.5, 0.6) is 0 Å². The molecular formula is C17H19FN2O. The first-order chi connectivity index (χ1) is 9.88. The second kappa shape index (κ2) is 5.95. The van der Waals surface area contributed by atoms with Gasteiger partial charge in [0, 0.05) is 5.69 Å². The number of nitrogen functional groups attached to an aromatic ring is 1. The molecular weight excluding hydrogens is 267 g/mol. The van der Waals surface area contributed by atoms with E-state index in [2.05, 4.69) is 5.32 Å². The SMILES string of the molecule is Cc1ccc(C)c(C(C)NC(=O)c2ccc(F)cc2N)c1. The highest BCUT2D eigenvalue weighted by Gasteiger charge is 2.15. The van der Waals surface area contributed by atoms with E-state index in [1.54, 1.807) is 0 Å². The lowest BCUT2D eigenvalue weighted by Crippen LogP contribution is -2.28. The van der Waals surface area contributed by atoms with Gasteiger partial charge in [0.25, 0.3) is 5.91 Å². The Hall–Kier alpha value is -2.36. The van der Waals surface area contributed by atoms with Gasteiger partial charge in [-0.15, -0.1) is 0 Å². The van der Waals surface area contributed by atoms with Crippen molar-refractivity contribution < 1.29 is 9.18 Å². The first-order valence-electron chi connectivity index (χ1n) is 6.81. The molecule has 0 saturated heterocycles. The van der Waals surface area contributed by atoms with Crippen molar-refractivity contribution in [3.05, 3.63) is 64.5 Å². The van der Waals surface area contributed by atoms with Crippen LogP contribution in [0.15, 0.2) is 36.4 Å². The van der Waals surface area contributed by atoms with Crippen molar-refractivity contribution in [2.24, 2.45) is 0 Å². The van der Waals surface area contributed by atoms with Crippen LogP contribution in [0, 0.1) is 19.7 Å². The van der Waals surface area contributed by atoms with Gasteiger partial charge in [0.05, 0.1) is 11.6 Å². The summed E-state index contributed by atoms with van der Waals surface area (Å²) in [7, 11) is 0. The summed E-state index contributed by atoms with van der Waals surface area (Å²) in [5.41, 5.74) is 9.42. The van der Waals surface area contributed by atoms with Crippen LogP contribution in [0.25, 0.3) is 0 Å². The lowest BCUT2D eigenvalue weighted by molar-refractivity contribution is 0.0940. The highest BCUT2D eigenvalue weighted by atomic mass is 19.1. The molecule has 1 unspecified atom stereocenters. The van der Waals surface area contributed by atoms with Gasteiger partial charge in [0.1, 0.15) is 5.82 Å². The maximum Gasteiger partial charge on any atom is 0.253 e. The van der Waals surface area contributed by atoms with E-state index in [9.17, 15) is 9.18 Å². The monoisotopic (exact) mass is 286 g/mol. The number of hydrogen-bond donors (Lipinski definition) is 2. The molecule has 3 N–H and O–H groups in total. The molecule has 1 amide bonds. The van der Waals surface area contributed by atoms with Gasteiger partial charge in [-0.2, -0.15) is 0 Å². The summed E-state index contributed by atoms with van der Waals surface area (Å²) >= 11 is 0. The molecule has 0 radical (unpaired) electrons. The maximum atomic E-state index is 13.0. The predicted octanol–water partition coefficient (Wildman–Crippen LogP) is 3.52. The Kier molecular flexibility index (Phi) is 4.26. The van der Waals surface area contributed by atoms with Gasteiger partial charge in [-0.3, -0.25) is 4.79 Å². The molecule has 4 heteroatoms. The molecule has 0 heterocycles. The van der Waals surface area contributed by atoms with Crippen molar-refractivity contribution in [2.75, 3.05) is 5.73 Å². The molecule has 0 bridgehead atoms. The van der Waals surface area contributed by atoms with Crippen molar-refractivity contribution in [3.8, 4) is 0 Å². The summed E-state index contributed by atoms with van der Waals surface area (Å²) in [6, 6.07) is 9.74. The number of rotatable bonds is 3. The fourth-order valence-electron chi connectivity index (χ4n) is 2.32. The Labute approximate surface area is 124 Å². The number of nitrogens with two attached hydrogens (primary N) is 1. The van der Waals surface area contributed by atoms with E-state index < -0.39 is 5.82 Å². The molecule has 2 aromatic carbocycles. The van der Waals surface area contributed by atoms with Crippen LogP contribution in [-0.4, -0.2) is 5.91 Å². The fourth-order valence-corrected chi connectivity index (χ4v) is 2.32. The highest BCUT2D eigenvalue weighted by Crippen LogP contribution is 2.20. The van der Waals surface area contributed by atoms with Crippen molar-refractivity contribution in [2.45, 2.75) is 26.8 Å². The summed E-state index contributed by atoms with van der Waals surface area (Å²) in [5, 5.41) is 2.90. The van der Waals surface area contributed by atoms with Crippen LogP contribution in [0.3, 0.4) is 0 Å². The van der Waals surface area contributed by atoms with Crippen LogP contribution in [-0.2, 0) is 0 Å².